The third-order valence-corrected chi connectivity index (χ3v) is 2.89. The van der Waals surface area contributed by atoms with Crippen molar-refractivity contribution in [3.05, 3.63) is 58.0 Å². The van der Waals surface area contributed by atoms with Gasteiger partial charge in [-0.2, -0.15) is 0 Å². The number of esters is 1. The van der Waals surface area contributed by atoms with Gasteiger partial charge in [-0.1, -0.05) is 24.3 Å². The van der Waals surface area contributed by atoms with Gasteiger partial charge in [0, 0.05) is 5.56 Å². The molecule has 0 bridgehead atoms. The van der Waals surface area contributed by atoms with Crippen LogP contribution in [0.25, 0.3) is 0 Å². The number of carbonyl (C=O) groups excluding carboxylic acids is 1. The van der Waals surface area contributed by atoms with Crippen LogP contribution in [-0.2, 0) is 11.3 Å². The smallest absolute Gasteiger partial charge is 0.348 e. The molecule has 0 amide bonds. The molecule has 82 valence electrons. The van der Waals surface area contributed by atoms with Crippen LogP contribution in [0.1, 0.15) is 15.2 Å². The van der Waals surface area contributed by atoms with Crippen LogP contribution in [0.2, 0.25) is 0 Å². The van der Waals surface area contributed by atoms with Crippen molar-refractivity contribution in [1.82, 2.24) is 0 Å². The van der Waals surface area contributed by atoms with E-state index in [4.69, 9.17) is 4.74 Å². The standard InChI is InChI=1S/C12H9FO2S/c13-10-5-2-1-4-9(10)8-15-12(14)11-6-3-7-16-11/h1-7H,8H2. The largest absolute Gasteiger partial charge is 0.457 e. The Morgan fingerprint density at radius 3 is 2.75 bits per heavy atom. The van der Waals surface area contributed by atoms with Gasteiger partial charge in [-0.05, 0) is 17.5 Å². The molecule has 2 rings (SSSR count). The average molecular weight is 236 g/mol. The van der Waals surface area contributed by atoms with Gasteiger partial charge in [-0.15, -0.1) is 11.3 Å². The van der Waals surface area contributed by atoms with Gasteiger partial charge < -0.3 is 4.74 Å². The van der Waals surface area contributed by atoms with E-state index in [2.05, 4.69) is 0 Å². The average Bonchev–Trinajstić information content (AvgIpc) is 2.81. The highest BCUT2D eigenvalue weighted by Gasteiger charge is 2.09. The number of halogens is 1. The number of carbonyl (C=O) groups is 1. The second kappa shape index (κ2) is 4.90. The summed E-state index contributed by atoms with van der Waals surface area (Å²) in [5.41, 5.74) is 0.382. The fourth-order valence-electron chi connectivity index (χ4n) is 1.22. The number of rotatable bonds is 3. The van der Waals surface area contributed by atoms with E-state index in [0.29, 0.717) is 10.4 Å². The molecule has 0 radical (unpaired) electrons. The molecule has 0 aliphatic rings. The summed E-state index contributed by atoms with van der Waals surface area (Å²) < 4.78 is 18.2. The maximum atomic E-state index is 13.2. The fraction of sp³-hybridized carbons (Fsp3) is 0.0833. The molecular weight excluding hydrogens is 227 g/mol. The van der Waals surface area contributed by atoms with Crippen LogP contribution >= 0.6 is 11.3 Å². The van der Waals surface area contributed by atoms with E-state index in [-0.39, 0.29) is 12.4 Å². The Balaban J connectivity index is 1.98. The first kappa shape index (κ1) is 10.8. The van der Waals surface area contributed by atoms with Crippen LogP contribution in [-0.4, -0.2) is 5.97 Å². The molecule has 0 fully saturated rings. The minimum atomic E-state index is -0.418. The molecular formula is C12H9FO2S. The number of hydrogen-bond acceptors (Lipinski definition) is 3. The molecule has 0 N–H and O–H groups in total. The SMILES string of the molecule is O=C(OCc1ccccc1F)c1cccs1. The number of ether oxygens (including phenoxy) is 1. The van der Waals surface area contributed by atoms with Crippen LogP contribution in [0, 0.1) is 5.82 Å². The van der Waals surface area contributed by atoms with Crippen molar-refractivity contribution < 1.29 is 13.9 Å². The van der Waals surface area contributed by atoms with Gasteiger partial charge in [0.25, 0.3) is 0 Å². The zero-order valence-corrected chi connectivity index (χ0v) is 9.17. The van der Waals surface area contributed by atoms with Crippen molar-refractivity contribution in [2.75, 3.05) is 0 Å². The van der Waals surface area contributed by atoms with Crippen molar-refractivity contribution in [3.63, 3.8) is 0 Å². The molecule has 0 aliphatic heterocycles. The molecule has 0 unspecified atom stereocenters. The Morgan fingerprint density at radius 2 is 2.06 bits per heavy atom. The van der Waals surface area contributed by atoms with Crippen molar-refractivity contribution >= 4 is 17.3 Å². The van der Waals surface area contributed by atoms with Crippen LogP contribution in [0.4, 0.5) is 4.39 Å². The quantitative estimate of drug-likeness (QED) is 0.765. The molecule has 2 nitrogen and oxygen atoms in total. The highest BCUT2D eigenvalue weighted by atomic mass is 32.1. The Hall–Kier alpha value is -1.68. The lowest BCUT2D eigenvalue weighted by atomic mass is 10.2. The molecule has 1 aromatic heterocycles. The summed E-state index contributed by atoms with van der Waals surface area (Å²) in [6, 6.07) is 9.68. The monoisotopic (exact) mass is 236 g/mol. The van der Waals surface area contributed by atoms with Gasteiger partial charge in [-0.3, -0.25) is 0 Å². The van der Waals surface area contributed by atoms with Crippen LogP contribution in [0.15, 0.2) is 41.8 Å². The van der Waals surface area contributed by atoms with Gasteiger partial charge in [0.15, 0.2) is 0 Å². The molecule has 0 aliphatic carbocycles. The summed E-state index contributed by atoms with van der Waals surface area (Å²) >= 11 is 1.30. The van der Waals surface area contributed by atoms with Crippen LogP contribution < -0.4 is 0 Å². The van der Waals surface area contributed by atoms with E-state index in [0.717, 1.165) is 0 Å². The maximum Gasteiger partial charge on any atom is 0.348 e. The third-order valence-electron chi connectivity index (χ3n) is 2.04. The molecule has 0 saturated heterocycles. The van der Waals surface area contributed by atoms with Gasteiger partial charge in [0.05, 0.1) is 0 Å². The van der Waals surface area contributed by atoms with E-state index < -0.39 is 5.97 Å². The summed E-state index contributed by atoms with van der Waals surface area (Å²) in [5, 5.41) is 1.79. The van der Waals surface area contributed by atoms with E-state index in [1.54, 1.807) is 35.7 Å². The lowest BCUT2D eigenvalue weighted by Gasteiger charge is -2.04. The minimum absolute atomic E-state index is 0.0383. The normalized spacial score (nSPS) is 10.1. The third kappa shape index (κ3) is 2.46. The van der Waals surface area contributed by atoms with Gasteiger partial charge in [0.1, 0.15) is 17.3 Å². The zero-order chi connectivity index (χ0) is 11.4. The number of hydrogen-bond donors (Lipinski definition) is 0. The van der Waals surface area contributed by atoms with E-state index in [9.17, 15) is 9.18 Å². The van der Waals surface area contributed by atoms with Crippen LogP contribution in [0.5, 0.6) is 0 Å². The molecule has 16 heavy (non-hydrogen) atoms. The van der Waals surface area contributed by atoms with E-state index in [1.807, 2.05) is 0 Å². The lowest BCUT2D eigenvalue weighted by Crippen LogP contribution is -2.04. The predicted octanol–water partition coefficient (Wildman–Crippen LogP) is 3.24. The molecule has 2 aromatic rings. The van der Waals surface area contributed by atoms with E-state index >= 15 is 0 Å². The second-order valence-electron chi connectivity index (χ2n) is 3.14. The summed E-state index contributed by atoms with van der Waals surface area (Å²) in [6.45, 7) is -0.0383. The summed E-state index contributed by atoms with van der Waals surface area (Å²) in [6.07, 6.45) is 0. The Bertz CT molecular complexity index is 480. The Morgan fingerprint density at radius 1 is 1.25 bits per heavy atom. The maximum absolute atomic E-state index is 13.2. The van der Waals surface area contributed by atoms with Crippen LogP contribution in [0.3, 0.4) is 0 Å². The zero-order valence-electron chi connectivity index (χ0n) is 8.35. The molecule has 4 heteroatoms. The molecule has 0 saturated carbocycles. The number of thiophene rings is 1. The van der Waals surface area contributed by atoms with Gasteiger partial charge in [0.2, 0.25) is 0 Å². The first-order valence-corrected chi connectivity index (χ1v) is 5.59. The van der Waals surface area contributed by atoms with E-state index in [1.165, 1.54) is 17.4 Å². The molecule has 1 heterocycles. The highest BCUT2D eigenvalue weighted by molar-refractivity contribution is 7.11. The first-order valence-electron chi connectivity index (χ1n) is 4.71. The molecule has 0 spiro atoms. The van der Waals surface area contributed by atoms with Crippen molar-refractivity contribution in [2.45, 2.75) is 6.61 Å². The minimum Gasteiger partial charge on any atom is -0.457 e. The lowest BCUT2D eigenvalue weighted by molar-refractivity contribution is 0.0475. The highest BCUT2D eigenvalue weighted by Crippen LogP contribution is 2.13. The Kier molecular flexibility index (Phi) is 3.31. The number of benzene rings is 1. The Labute approximate surface area is 96.3 Å². The fourth-order valence-corrected chi connectivity index (χ4v) is 1.84. The summed E-state index contributed by atoms with van der Waals surface area (Å²) in [7, 11) is 0. The van der Waals surface area contributed by atoms with Crippen molar-refractivity contribution in [2.24, 2.45) is 0 Å². The molecule has 0 atom stereocenters. The summed E-state index contributed by atoms with van der Waals surface area (Å²) in [4.78, 5) is 12.0. The van der Waals surface area contributed by atoms with Crippen molar-refractivity contribution in [1.29, 1.82) is 0 Å². The summed E-state index contributed by atoms with van der Waals surface area (Å²) in [5.74, 6) is -0.778. The topological polar surface area (TPSA) is 26.3 Å². The van der Waals surface area contributed by atoms with Gasteiger partial charge in [-0.25, -0.2) is 9.18 Å². The van der Waals surface area contributed by atoms with Crippen molar-refractivity contribution in [3.8, 4) is 0 Å². The predicted molar refractivity (Wildman–Crippen MR) is 59.8 cm³/mol. The first-order chi connectivity index (χ1) is 7.77. The molecule has 1 aromatic carbocycles. The van der Waals surface area contributed by atoms with Gasteiger partial charge >= 0.3 is 5.97 Å². The second-order valence-corrected chi connectivity index (χ2v) is 4.09.